The van der Waals surface area contributed by atoms with Crippen molar-refractivity contribution in [3.63, 3.8) is 0 Å². The van der Waals surface area contributed by atoms with Crippen molar-refractivity contribution in [2.24, 2.45) is 5.92 Å². The first-order valence-electron chi connectivity index (χ1n) is 7.75. The summed E-state index contributed by atoms with van der Waals surface area (Å²) in [5, 5.41) is 0.798. The molecule has 1 aliphatic carbocycles. The molecule has 2 aliphatic rings. The van der Waals surface area contributed by atoms with Crippen LogP contribution >= 0.6 is 11.6 Å². The molecule has 1 aromatic carbocycles. The summed E-state index contributed by atoms with van der Waals surface area (Å²) in [4.78, 5) is 14.7. The van der Waals surface area contributed by atoms with Crippen molar-refractivity contribution in [1.82, 2.24) is 4.90 Å². The zero-order valence-corrected chi connectivity index (χ0v) is 12.6. The van der Waals surface area contributed by atoms with Crippen LogP contribution in [0.5, 0.6) is 0 Å². The molecule has 108 valence electrons. The Bertz CT molecular complexity index is 488. The number of ketones is 1. The van der Waals surface area contributed by atoms with E-state index in [1.807, 2.05) is 18.2 Å². The fraction of sp³-hybridized carbons (Fsp3) is 0.588. The molecule has 20 heavy (non-hydrogen) atoms. The van der Waals surface area contributed by atoms with Crippen molar-refractivity contribution in [1.29, 1.82) is 0 Å². The van der Waals surface area contributed by atoms with Crippen LogP contribution in [0.25, 0.3) is 0 Å². The van der Waals surface area contributed by atoms with Crippen LogP contribution in [0, 0.1) is 5.92 Å². The third-order valence-electron chi connectivity index (χ3n) is 4.76. The van der Waals surface area contributed by atoms with Crippen LogP contribution in [0.2, 0.25) is 5.02 Å². The summed E-state index contributed by atoms with van der Waals surface area (Å²) in [6, 6.07) is 8.55. The molecule has 1 saturated heterocycles. The fourth-order valence-electron chi connectivity index (χ4n) is 3.79. The lowest BCUT2D eigenvalue weighted by molar-refractivity contribution is -0.126. The topological polar surface area (TPSA) is 20.3 Å². The average molecular weight is 292 g/mol. The van der Waals surface area contributed by atoms with Gasteiger partial charge in [-0.1, -0.05) is 30.2 Å². The molecule has 1 heterocycles. The van der Waals surface area contributed by atoms with Crippen molar-refractivity contribution in [3.05, 3.63) is 34.9 Å². The van der Waals surface area contributed by atoms with Gasteiger partial charge < -0.3 is 0 Å². The van der Waals surface area contributed by atoms with Gasteiger partial charge in [-0.15, -0.1) is 0 Å². The fourth-order valence-corrected chi connectivity index (χ4v) is 4.00. The molecule has 0 radical (unpaired) electrons. The highest BCUT2D eigenvalue weighted by atomic mass is 35.5. The van der Waals surface area contributed by atoms with Crippen LogP contribution in [0.15, 0.2) is 24.3 Å². The monoisotopic (exact) mass is 291 g/mol. The average Bonchev–Trinajstić information content (AvgIpc) is 2.87. The van der Waals surface area contributed by atoms with E-state index in [2.05, 4.69) is 11.0 Å². The van der Waals surface area contributed by atoms with Gasteiger partial charge in [0.15, 0.2) is 0 Å². The van der Waals surface area contributed by atoms with Gasteiger partial charge in [0.2, 0.25) is 0 Å². The van der Waals surface area contributed by atoms with Crippen LogP contribution in [0.4, 0.5) is 0 Å². The van der Waals surface area contributed by atoms with Gasteiger partial charge in [0.25, 0.3) is 0 Å². The van der Waals surface area contributed by atoms with E-state index in [-0.39, 0.29) is 5.92 Å². The van der Waals surface area contributed by atoms with Gasteiger partial charge in [0.1, 0.15) is 5.78 Å². The Morgan fingerprint density at radius 1 is 1.20 bits per heavy atom. The zero-order chi connectivity index (χ0) is 13.9. The maximum atomic E-state index is 12.2. The van der Waals surface area contributed by atoms with Crippen molar-refractivity contribution in [2.45, 2.75) is 51.1 Å². The van der Waals surface area contributed by atoms with Gasteiger partial charge in [-0.3, -0.25) is 9.69 Å². The van der Waals surface area contributed by atoms with Gasteiger partial charge >= 0.3 is 0 Å². The van der Waals surface area contributed by atoms with Crippen LogP contribution in [-0.2, 0) is 11.3 Å². The minimum absolute atomic E-state index is 0.283. The van der Waals surface area contributed by atoms with E-state index in [0.29, 0.717) is 11.8 Å². The zero-order valence-electron chi connectivity index (χ0n) is 11.9. The Balaban J connectivity index is 1.70. The maximum Gasteiger partial charge on any atom is 0.137 e. The largest absolute Gasteiger partial charge is 0.299 e. The molecule has 2 fully saturated rings. The second-order valence-corrected chi connectivity index (χ2v) is 6.56. The Morgan fingerprint density at radius 3 is 2.90 bits per heavy atom. The standard InChI is InChI=1S/C17H22ClNO/c18-14-6-3-5-13(11-14)12-19-10-4-8-16(19)15-7-1-2-9-17(15)20/h3,5-6,11,15-16H,1-2,4,7-10,12H2. The molecule has 1 aromatic rings. The normalized spacial score (nSPS) is 27.9. The molecule has 3 heteroatoms. The quantitative estimate of drug-likeness (QED) is 0.837. The minimum atomic E-state index is 0.283. The summed E-state index contributed by atoms with van der Waals surface area (Å²) in [7, 11) is 0. The Kier molecular flexibility index (Phi) is 4.42. The van der Waals surface area contributed by atoms with E-state index in [1.54, 1.807) is 0 Å². The van der Waals surface area contributed by atoms with E-state index in [9.17, 15) is 4.79 Å². The Labute approximate surface area is 126 Å². The highest BCUT2D eigenvalue weighted by Crippen LogP contribution is 2.33. The molecule has 0 amide bonds. The lowest BCUT2D eigenvalue weighted by Gasteiger charge is -2.33. The molecule has 2 nitrogen and oxygen atoms in total. The number of Topliss-reactive ketones (excluding diaryl/α,β-unsaturated/α-hetero) is 1. The molecule has 0 bridgehead atoms. The van der Waals surface area contributed by atoms with Crippen LogP contribution in [0.3, 0.4) is 0 Å². The van der Waals surface area contributed by atoms with Crippen LogP contribution in [-0.4, -0.2) is 23.3 Å². The summed E-state index contributed by atoms with van der Waals surface area (Å²) < 4.78 is 0. The molecule has 0 aromatic heterocycles. The number of benzene rings is 1. The molecule has 2 unspecified atom stereocenters. The van der Waals surface area contributed by atoms with E-state index < -0.39 is 0 Å². The number of nitrogens with zero attached hydrogens (tertiary/aromatic N) is 1. The Hall–Kier alpha value is -0.860. The molecular weight excluding hydrogens is 270 g/mol. The number of carbonyl (C=O) groups is 1. The van der Waals surface area contributed by atoms with E-state index in [0.717, 1.165) is 37.4 Å². The highest BCUT2D eigenvalue weighted by molar-refractivity contribution is 6.30. The summed E-state index contributed by atoms with van der Waals surface area (Å²) >= 11 is 6.07. The van der Waals surface area contributed by atoms with Crippen LogP contribution < -0.4 is 0 Å². The van der Waals surface area contributed by atoms with Crippen LogP contribution in [0.1, 0.15) is 44.1 Å². The maximum absolute atomic E-state index is 12.2. The number of hydrogen-bond acceptors (Lipinski definition) is 2. The molecule has 2 atom stereocenters. The first-order chi connectivity index (χ1) is 9.74. The SMILES string of the molecule is O=C1CCCCC1C1CCCN1Cc1cccc(Cl)c1. The number of hydrogen-bond donors (Lipinski definition) is 0. The summed E-state index contributed by atoms with van der Waals surface area (Å²) in [6.07, 6.45) is 6.60. The number of halogens is 1. The van der Waals surface area contributed by atoms with Gasteiger partial charge in [-0.25, -0.2) is 0 Å². The van der Waals surface area contributed by atoms with Gasteiger partial charge in [-0.05, 0) is 49.9 Å². The van der Waals surface area contributed by atoms with Crippen molar-refractivity contribution < 1.29 is 4.79 Å². The molecule has 0 spiro atoms. The Morgan fingerprint density at radius 2 is 2.10 bits per heavy atom. The van der Waals surface area contributed by atoms with Crippen molar-refractivity contribution in [3.8, 4) is 0 Å². The minimum Gasteiger partial charge on any atom is -0.299 e. The van der Waals surface area contributed by atoms with E-state index >= 15 is 0 Å². The predicted octanol–water partition coefficient (Wildman–Crippen LogP) is 4.06. The summed E-state index contributed by atoms with van der Waals surface area (Å²) in [5.74, 6) is 0.782. The number of rotatable bonds is 3. The lowest BCUT2D eigenvalue weighted by atomic mass is 9.82. The first-order valence-corrected chi connectivity index (χ1v) is 8.13. The first kappa shape index (κ1) is 14.1. The molecule has 3 rings (SSSR count). The van der Waals surface area contributed by atoms with Gasteiger partial charge in [0, 0.05) is 29.9 Å². The third-order valence-corrected chi connectivity index (χ3v) is 4.99. The summed E-state index contributed by atoms with van der Waals surface area (Å²) in [6.45, 7) is 2.04. The van der Waals surface area contributed by atoms with E-state index in [4.69, 9.17) is 11.6 Å². The molecule has 1 saturated carbocycles. The number of carbonyl (C=O) groups excluding carboxylic acids is 1. The smallest absolute Gasteiger partial charge is 0.137 e. The third kappa shape index (κ3) is 3.07. The van der Waals surface area contributed by atoms with Crippen molar-refractivity contribution >= 4 is 17.4 Å². The molecule has 0 N–H and O–H groups in total. The number of likely N-dealkylation sites (tertiary alicyclic amines) is 1. The highest BCUT2D eigenvalue weighted by Gasteiger charge is 2.36. The lowest BCUT2D eigenvalue weighted by Crippen LogP contribution is -2.40. The molecular formula is C17H22ClNO. The molecule has 1 aliphatic heterocycles. The summed E-state index contributed by atoms with van der Waals surface area (Å²) in [5.41, 5.74) is 1.26. The second-order valence-electron chi connectivity index (χ2n) is 6.13. The van der Waals surface area contributed by atoms with Gasteiger partial charge in [0.05, 0.1) is 0 Å². The van der Waals surface area contributed by atoms with E-state index in [1.165, 1.54) is 24.8 Å². The van der Waals surface area contributed by atoms with Gasteiger partial charge in [-0.2, -0.15) is 0 Å². The second kappa shape index (κ2) is 6.28. The van der Waals surface area contributed by atoms with Crippen molar-refractivity contribution in [2.75, 3.05) is 6.54 Å². The predicted molar refractivity (Wildman–Crippen MR) is 81.8 cm³/mol.